The van der Waals surface area contributed by atoms with Crippen LogP contribution in [-0.4, -0.2) is 19.7 Å². The Bertz CT molecular complexity index is 762. The summed E-state index contributed by atoms with van der Waals surface area (Å²) in [6, 6.07) is 8.06. The highest BCUT2D eigenvalue weighted by atomic mass is 35.5. The van der Waals surface area contributed by atoms with Crippen molar-refractivity contribution in [2.75, 3.05) is 17.3 Å². The van der Waals surface area contributed by atoms with E-state index in [4.69, 9.17) is 28.9 Å². The van der Waals surface area contributed by atoms with Gasteiger partial charge in [-0.2, -0.15) is 0 Å². The molecule has 0 aliphatic rings. The van der Waals surface area contributed by atoms with Crippen LogP contribution in [0.1, 0.15) is 5.56 Å². The maximum Gasteiger partial charge on any atom is 0.175 e. The van der Waals surface area contributed by atoms with Crippen LogP contribution in [0.3, 0.4) is 0 Å². The summed E-state index contributed by atoms with van der Waals surface area (Å²) in [5, 5.41) is 3.68. The number of rotatable bonds is 4. The number of aromatic nitrogens is 1. The molecule has 1 aromatic heterocycles. The molecule has 0 unspecified atom stereocenters. The van der Waals surface area contributed by atoms with E-state index in [1.807, 2.05) is 0 Å². The van der Waals surface area contributed by atoms with Crippen molar-refractivity contribution in [2.24, 2.45) is 0 Å². The maximum absolute atomic E-state index is 11.4. The van der Waals surface area contributed by atoms with Gasteiger partial charge in [0.15, 0.2) is 9.84 Å². The molecule has 0 atom stereocenters. The van der Waals surface area contributed by atoms with Gasteiger partial charge in [0.1, 0.15) is 11.6 Å². The van der Waals surface area contributed by atoms with Gasteiger partial charge >= 0.3 is 0 Å². The lowest BCUT2D eigenvalue weighted by atomic mass is 10.2. The molecule has 0 aliphatic carbocycles. The normalized spacial score (nSPS) is 11.4. The van der Waals surface area contributed by atoms with Gasteiger partial charge in [-0.25, -0.2) is 13.4 Å². The second-order valence-electron chi connectivity index (χ2n) is 4.46. The van der Waals surface area contributed by atoms with Gasteiger partial charge in [0, 0.05) is 12.8 Å². The average Bonchev–Trinajstić information content (AvgIpc) is 2.41. The van der Waals surface area contributed by atoms with Crippen molar-refractivity contribution in [1.29, 1.82) is 0 Å². The first kappa shape index (κ1) is 15.9. The Balaban J connectivity index is 2.12. The van der Waals surface area contributed by atoms with Crippen LogP contribution in [0.25, 0.3) is 0 Å². The van der Waals surface area contributed by atoms with Crippen molar-refractivity contribution in [2.45, 2.75) is 11.4 Å². The van der Waals surface area contributed by atoms with Gasteiger partial charge in [0.25, 0.3) is 0 Å². The van der Waals surface area contributed by atoms with Crippen molar-refractivity contribution in [1.82, 2.24) is 4.98 Å². The molecule has 0 radical (unpaired) electrons. The Kier molecular flexibility index (Phi) is 4.61. The zero-order valence-electron chi connectivity index (χ0n) is 11.1. The first-order chi connectivity index (χ1) is 9.77. The van der Waals surface area contributed by atoms with E-state index in [0.29, 0.717) is 22.4 Å². The highest BCUT2D eigenvalue weighted by Crippen LogP contribution is 2.27. The minimum atomic E-state index is -3.19. The standard InChI is InChI=1S/C13H13Cl2N3O2S/c1-21(19,20)9-4-2-8(3-5-9)7-17-13-11(15)6-10(14)12(16)18-13/h2-6H,7H2,1H3,(H3,16,17,18). The second-order valence-corrected chi connectivity index (χ2v) is 7.29. The lowest BCUT2D eigenvalue weighted by Crippen LogP contribution is -2.04. The summed E-state index contributed by atoms with van der Waals surface area (Å²) in [4.78, 5) is 4.33. The van der Waals surface area contributed by atoms with Gasteiger partial charge in [-0.05, 0) is 23.8 Å². The number of sulfone groups is 1. The molecule has 3 N–H and O–H groups in total. The number of nitrogens with two attached hydrogens (primary N) is 1. The van der Waals surface area contributed by atoms with E-state index in [-0.39, 0.29) is 10.7 Å². The molecular weight excluding hydrogens is 333 g/mol. The Morgan fingerprint density at radius 2 is 1.81 bits per heavy atom. The van der Waals surface area contributed by atoms with E-state index < -0.39 is 9.84 Å². The molecule has 1 heterocycles. The van der Waals surface area contributed by atoms with Crippen LogP contribution in [0, 0.1) is 0 Å². The van der Waals surface area contributed by atoms with Crippen LogP contribution in [0.2, 0.25) is 10.0 Å². The summed E-state index contributed by atoms with van der Waals surface area (Å²) >= 11 is 11.8. The fraction of sp³-hybridized carbons (Fsp3) is 0.154. The summed E-state index contributed by atoms with van der Waals surface area (Å²) in [7, 11) is -3.19. The molecule has 8 heteroatoms. The SMILES string of the molecule is CS(=O)(=O)c1ccc(CNc2nc(N)c(Cl)cc2Cl)cc1. The molecule has 2 aromatic rings. The maximum atomic E-state index is 11.4. The zero-order chi connectivity index (χ0) is 15.6. The molecule has 0 saturated heterocycles. The highest BCUT2D eigenvalue weighted by Gasteiger charge is 2.08. The summed E-state index contributed by atoms with van der Waals surface area (Å²) < 4.78 is 22.7. The number of nitrogens with one attached hydrogen (secondary N) is 1. The van der Waals surface area contributed by atoms with E-state index in [1.54, 1.807) is 24.3 Å². The largest absolute Gasteiger partial charge is 0.382 e. The van der Waals surface area contributed by atoms with E-state index in [2.05, 4.69) is 10.3 Å². The molecule has 0 amide bonds. The first-order valence-electron chi connectivity index (χ1n) is 5.92. The summed E-state index contributed by atoms with van der Waals surface area (Å²) in [5.74, 6) is 0.613. The Morgan fingerprint density at radius 1 is 1.19 bits per heavy atom. The van der Waals surface area contributed by atoms with Gasteiger partial charge in [-0.3, -0.25) is 0 Å². The van der Waals surface area contributed by atoms with Crippen LogP contribution in [-0.2, 0) is 16.4 Å². The summed E-state index contributed by atoms with van der Waals surface area (Å²) in [5.41, 5.74) is 6.50. The Hall–Kier alpha value is -1.50. The third-order valence-electron chi connectivity index (χ3n) is 2.77. The molecule has 2 rings (SSSR count). The van der Waals surface area contributed by atoms with Crippen molar-refractivity contribution in [3.63, 3.8) is 0 Å². The van der Waals surface area contributed by atoms with Crippen molar-refractivity contribution >= 4 is 44.7 Å². The molecule has 0 spiro atoms. The van der Waals surface area contributed by atoms with Crippen LogP contribution >= 0.6 is 23.2 Å². The molecule has 1 aromatic carbocycles. The topological polar surface area (TPSA) is 85.1 Å². The van der Waals surface area contributed by atoms with E-state index in [9.17, 15) is 8.42 Å². The average molecular weight is 346 g/mol. The number of hydrogen-bond acceptors (Lipinski definition) is 5. The van der Waals surface area contributed by atoms with Crippen molar-refractivity contribution < 1.29 is 8.42 Å². The summed E-state index contributed by atoms with van der Waals surface area (Å²) in [6.07, 6.45) is 1.17. The Labute approximate surface area is 133 Å². The number of benzene rings is 1. The second kappa shape index (κ2) is 6.09. The smallest absolute Gasteiger partial charge is 0.175 e. The molecule has 112 valence electrons. The fourth-order valence-corrected chi connectivity index (χ4v) is 2.70. The molecule has 0 aliphatic heterocycles. The monoisotopic (exact) mass is 345 g/mol. The van der Waals surface area contributed by atoms with E-state index >= 15 is 0 Å². The van der Waals surface area contributed by atoms with E-state index in [1.165, 1.54) is 12.3 Å². The highest BCUT2D eigenvalue weighted by molar-refractivity contribution is 7.90. The lowest BCUT2D eigenvalue weighted by molar-refractivity contribution is 0.602. The molecule has 0 bridgehead atoms. The van der Waals surface area contributed by atoms with Crippen LogP contribution in [0.15, 0.2) is 35.2 Å². The number of nitrogens with zero attached hydrogens (tertiary/aromatic N) is 1. The Morgan fingerprint density at radius 3 is 2.38 bits per heavy atom. The van der Waals surface area contributed by atoms with Crippen LogP contribution in [0.5, 0.6) is 0 Å². The lowest BCUT2D eigenvalue weighted by Gasteiger charge is -2.09. The number of anilines is 2. The van der Waals surface area contributed by atoms with Gasteiger partial charge in [-0.15, -0.1) is 0 Å². The molecule has 0 saturated carbocycles. The number of hydrogen-bond donors (Lipinski definition) is 2. The zero-order valence-corrected chi connectivity index (χ0v) is 13.4. The van der Waals surface area contributed by atoms with Gasteiger partial charge in [0.2, 0.25) is 0 Å². The fourth-order valence-electron chi connectivity index (χ4n) is 1.65. The molecule has 5 nitrogen and oxygen atoms in total. The first-order valence-corrected chi connectivity index (χ1v) is 8.56. The van der Waals surface area contributed by atoms with Gasteiger partial charge in [0.05, 0.1) is 14.9 Å². The number of pyridine rings is 1. The minimum Gasteiger partial charge on any atom is -0.382 e. The third kappa shape index (κ3) is 4.00. The number of nitrogen functional groups attached to an aromatic ring is 1. The predicted molar refractivity (Wildman–Crippen MR) is 85.5 cm³/mol. The quantitative estimate of drug-likeness (QED) is 0.889. The summed E-state index contributed by atoms with van der Waals surface area (Å²) in [6.45, 7) is 0.428. The molecule has 21 heavy (non-hydrogen) atoms. The molecule has 0 fully saturated rings. The molecular formula is C13H13Cl2N3O2S. The van der Waals surface area contributed by atoms with Crippen molar-refractivity contribution in [3.8, 4) is 0 Å². The van der Waals surface area contributed by atoms with Crippen LogP contribution < -0.4 is 11.1 Å². The number of halogens is 2. The van der Waals surface area contributed by atoms with Gasteiger partial charge < -0.3 is 11.1 Å². The van der Waals surface area contributed by atoms with Gasteiger partial charge in [-0.1, -0.05) is 35.3 Å². The van der Waals surface area contributed by atoms with Crippen LogP contribution in [0.4, 0.5) is 11.6 Å². The predicted octanol–water partition coefficient (Wildman–Crippen LogP) is 2.99. The minimum absolute atomic E-state index is 0.191. The van der Waals surface area contributed by atoms with E-state index in [0.717, 1.165) is 5.56 Å². The third-order valence-corrected chi connectivity index (χ3v) is 4.49. The van der Waals surface area contributed by atoms with Crippen molar-refractivity contribution in [3.05, 3.63) is 45.9 Å².